The van der Waals surface area contributed by atoms with Crippen molar-refractivity contribution in [2.75, 3.05) is 18.0 Å². The Morgan fingerprint density at radius 3 is 2.30 bits per heavy atom. The standard InChI is InChI=1S/C25H27Br2N3/c1-14(2)18-11-20(26)24(21(27)12-18)19-9-15(3)23-22(10-16(4)29-25(19)23)30-7-5-17(13-28)6-8-30/h9-12,14,17,19H,5-8H2,1-4H3. The fourth-order valence-corrected chi connectivity index (χ4v) is 6.39. The first kappa shape index (κ1) is 21.6. The first-order valence-electron chi connectivity index (χ1n) is 10.6. The molecule has 1 fully saturated rings. The van der Waals surface area contributed by atoms with Crippen molar-refractivity contribution in [1.29, 1.82) is 5.26 Å². The largest absolute Gasteiger partial charge is 0.371 e. The van der Waals surface area contributed by atoms with Gasteiger partial charge in [0.15, 0.2) is 0 Å². The molecule has 1 aliphatic heterocycles. The van der Waals surface area contributed by atoms with E-state index < -0.39 is 0 Å². The number of piperidine rings is 1. The van der Waals surface area contributed by atoms with Crippen molar-refractivity contribution in [3.8, 4) is 6.07 Å². The molecule has 4 rings (SSSR count). The molecule has 0 radical (unpaired) electrons. The number of nitrogens with zero attached hydrogens (tertiary/aromatic N) is 3. The minimum Gasteiger partial charge on any atom is -0.371 e. The second-order valence-electron chi connectivity index (χ2n) is 8.81. The van der Waals surface area contributed by atoms with Crippen LogP contribution in [0.3, 0.4) is 0 Å². The van der Waals surface area contributed by atoms with Crippen LogP contribution >= 0.6 is 31.9 Å². The van der Waals surface area contributed by atoms with Crippen LogP contribution in [-0.4, -0.2) is 18.1 Å². The van der Waals surface area contributed by atoms with Gasteiger partial charge < -0.3 is 4.90 Å². The van der Waals surface area contributed by atoms with Crippen molar-refractivity contribution in [1.82, 2.24) is 4.98 Å². The highest BCUT2D eigenvalue weighted by Crippen LogP contribution is 2.48. The molecule has 1 aromatic carbocycles. The second kappa shape index (κ2) is 8.48. The Morgan fingerprint density at radius 2 is 1.73 bits per heavy atom. The van der Waals surface area contributed by atoms with Crippen molar-refractivity contribution in [2.45, 2.75) is 52.4 Å². The molecule has 0 saturated carbocycles. The summed E-state index contributed by atoms with van der Waals surface area (Å²) in [6.45, 7) is 10.6. The predicted molar refractivity (Wildman–Crippen MR) is 131 cm³/mol. The lowest BCUT2D eigenvalue weighted by Gasteiger charge is -2.33. The maximum absolute atomic E-state index is 9.26. The molecule has 2 aromatic rings. The number of fused-ring (bicyclic) bond motifs is 1. The summed E-state index contributed by atoms with van der Waals surface area (Å²) >= 11 is 7.70. The first-order valence-corrected chi connectivity index (χ1v) is 12.2. The number of rotatable bonds is 3. The van der Waals surface area contributed by atoms with Gasteiger partial charge in [0.1, 0.15) is 0 Å². The van der Waals surface area contributed by atoms with Crippen LogP contribution in [0.4, 0.5) is 5.69 Å². The number of benzene rings is 1. The Balaban J connectivity index is 1.78. The smallest absolute Gasteiger partial charge is 0.0657 e. The van der Waals surface area contributed by atoms with Crippen LogP contribution in [-0.2, 0) is 0 Å². The zero-order valence-electron chi connectivity index (χ0n) is 18.0. The number of pyridine rings is 1. The highest BCUT2D eigenvalue weighted by Gasteiger charge is 2.32. The Kier molecular flexibility index (Phi) is 6.10. The Bertz CT molecular complexity index is 1030. The van der Waals surface area contributed by atoms with Crippen LogP contribution in [0.2, 0.25) is 0 Å². The number of aryl methyl sites for hydroxylation is 1. The van der Waals surface area contributed by atoms with E-state index in [1.54, 1.807) is 0 Å². The van der Waals surface area contributed by atoms with Crippen molar-refractivity contribution in [3.05, 3.63) is 61.3 Å². The molecule has 1 unspecified atom stereocenters. The van der Waals surface area contributed by atoms with Crippen LogP contribution in [0.1, 0.15) is 73.5 Å². The summed E-state index contributed by atoms with van der Waals surface area (Å²) in [6.07, 6.45) is 4.22. The van der Waals surface area contributed by atoms with Gasteiger partial charge in [0.25, 0.3) is 0 Å². The van der Waals surface area contributed by atoms with E-state index in [9.17, 15) is 5.26 Å². The monoisotopic (exact) mass is 527 g/mol. The minimum atomic E-state index is 0.125. The van der Waals surface area contributed by atoms with E-state index in [2.05, 4.69) is 94.8 Å². The van der Waals surface area contributed by atoms with Gasteiger partial charge in [-0.15, -0.1) is 0 Å². The molecule has 1 aromatic heterocycles. The van der Waals surface area contributed by atoms with Gasteiger partial charge in [-0.25, -0.2) is 0 Å². The van der Waals surface area contributed by atoms with Gasteiger partial charge in [-0.05, 0) is 67.5 Å². The van der Waals surface area contributed by atoms with Crippen LogP contribution in [0.15, 0.2) is 33.2 Å². The average Bonchev–Trinajstić information content (AvgIpc) is 3.02. The summed E-state index contributed by atoms with van der Waals surface area (Å²) in [6, 6.07) is 9.15. The van der Waals surface area contributed by atoms with Gasteiger partial charge in [-0.2, -0.15) is 5.26 Å². The quantitative estimate of drug-likeness (QED) is 0.418. The molecule has 1 saturated heterocycles. The third-order valence-corrected chi connectivity index (χ3v) is 7.67. The highest BCUT2D eigenvalue weighted by molar-refractivity contribution is 9.11. The lowest BCUT2D eigenvalue weighted by Crippen LogP contribution is -2.34. The van der Waals surface area contributed by atoms with Crippen LogP contribution < -0.4 is 4.90 Å². The third kappa shape index (κ3) is 3.85. The molecular weight excluding hydrogens is 502 g/mol. The molecule has 2 heterocycles. The van der Waals surface area contributed by atoms with Crippen LogP contribution in [0, 0.1) is 24.2 Å². The van der Waals surface area contributed by atoms with E-state index in [0.717, 1.165) is 46.3 Å². The molecule has 156 valence electrons. The van der Waals surface area contributed by atoms with Crippen molar-refractivity contribution >= 4 is 43.1 Å². The molecular formula is C25H27Br2N3. The minimum absolute atomic E-state index is 0.125. The highest BCUT2D eigenvalue weighted by atomic mass is 79.9. The number of nitriles is 1. The van der Waals surface area contributed by atoms with E-state index in [-0.39, 0.29) is 11.8 Å². The third-order valence-electron chi connectivity index (χ3n) is 6.36. The Hall–Kier alpha value is -1.64. The number of halogens is 2. The summed E-state index contributed by atoms with van der Waals surface area (Å²) in [4.78, 5) is 7.47. The topological polar surface area (TPSA) is 39.9 Å². The molecule has 5 heteroatoms. The lowest BCUT2D eigenvalue weighted by molar-refractivity contribution is 0.487. The second-order valence-corrected chi connectivity index (χ2v) is 10.5. The number of allylic oxidation sites excluding steroid dienone is 2. The fraction of sp³-hybridized carbons (Fsp3) is 0.440. The van der Waals surface area contributed by atoms with Crippen molar-refractivity contribution in [2.24, 2.45) is 5.92 Å². The van der Waals surface area contributed by atoms with E-state index in [1.807, 2.05) is 0 Å². The molecule has 0 N–H and O–H groups in total. The van der Waals surface area contributed by atoms with Crippen LogP contribution in [0.5, 0.6) is 0 Å². The van der Waals surface area contributed by atoms with Gasteiger partial charge in [-0.1, -0.05) is 51.8 Å². The number of anilines is 1. The molecule has 30 heavy (non-hydrogen) atoms. The zero-order chi connectivity index (χ0) is 21.6. The molecule has 1 aliphatic carbocycles. The number of aromatic nitrogens is 1. The number of hydrogen-bond acceptors (Lipinski definition) is 3. The van der Waals surface area contributed by atoms with Gasteiger partial charge in [0.2, 0.25) is 0 Å². The van der Waals surface area contributed by atoms with Gasteiger partial charge >= 0.3 is 0 Å². The van der Waals surface area contributed by atoms with Gasteiger partial charge in [-0.3, -0.25) is 4.98 Å². The number of hydrogen-bond donors (Lipinski definition) is 0. The van der Waals surface area contributed by atoms with E-state index in [1.165, 1.54) is 28.0 Å². The Labute approximate surface area is 196 Å². The maximum atomic E-state index is 9.26. The summed E-state index contributed by atoms with van der Waals surface area (Å²) < 4.78 is 2.25. The molecule has 0 bridgehead atoms. The fourth-order valence-electron chi connectivity index (χ4n) is 4.67. The summed E-state index contributed by atoms with van der Waals surface area (Å²) in [5, 5.41) is 9.26. The zero-order valence-corrected chi connectivity index (χ0v) is 21.1. The SMILES string of the molecule is CC1=CC(c2c(Br)cc(C(C)C)cc2Br)c2nc(C)cc(N3CCC(C#N)CC3)c21. The molecule has 2 aliphatic rings. The van der Waals surface area contributed by atoms with Crippen molar-refractivity contribution in [3.63, 3.8) is 0 Å². The van der Waals surface area contributed by atoms with Crippen LogP contribution in [0.25, 0.3) is 5.57 Å². The van der Waals surface area contributed by atoms with E-state index in [0.29, 0.717) is 5.92 Å². The molecule has 1 atom stereocenters. The van der Waals surface area contributed by atoms with Crippen molar-refractivity contribution < 1.29 is 0 Å². The summed E-state index contributed by atoms with van der Waals surface area (Å²) in [5.74, 6) is 0.788. The van der Waals surface area contributed by atoms with E-state index >= 15 is 0 Å². The predicted octanol–water partition coefficient (Wildman–Crippen LogP) is 7.33. The summed E-state index contributed by atoms with van der Waals surface area (Å²) in [7, 11) is 0. The Morgan fingerprint density at radius 1 is 1.10 bits per heavy atom. The normalized spacial score (nSPS) is 19.1. The molecule has 0 spiro atoms. The molecule has 0 amide bonds. The maximum Gasteiger partial charge on any atom is 0.0657 e. The first-order chi connectivity index (χ1) is 14.3. The molecule has 3 nitrogen and oxygen atoms in total. The lowest BCUT2D eigenvalue weighted by atomic mass is 9.93. The average molecular weight is 529 g/mol. The van der Waals surface area contributed by atoms with Gasteiger partial charge in [0, 0.05) is 50.8 Å². The summed E-state index contributed by atoms with van der Waals surface area (Å²) in [5.41, 5.74) is 8.57. The van der Waals surface area contributed by atoms with E-state index in [4.69, 9.17) is 4.98 Å². The van der Waals surface area contributed by atoms with Gasteiger partial charge in [0.05, 0.1) is 11.8 Å².